The lowest BCUT2D eigenvalue weighted by Crippen LogP contribution is -2.43. The van der Waals surface area contributed by atoms with Crippen molar-refractivity contribution in [2.24, 2.45) is 0 Å². The monoisotopic (exact) mass is 618 g/mol. The van der Waals surface area contributed by atoms with Gasteiger partial charge in [0.05, 0.1) is 27.9 Å². The van der Waals surface area contributed by atoms with E-state index in [1.165, 1.54) is 33.7 Å². The van der Waals surface area contributed by atoms with Crippen LogP contribution in [0.5, 0.6) is 23.0 Å². The highest BCUT2D eigenvalue weighted by Crippen LogP contribution is 2.57. The van der Waals surface area contributed by atoms with E-state index in [1.807, 2.05) is 31.2 Å². The zero-order valence-electron chi connectivity index (χ0n) is 25.6. The molecule has 0 aromatic heterocycles. The third-order valence-corrected chi connectivity index (χ3v) is 7.62. The Balaban J connectivity index is 1.84. The fourth-order valence-corrected chi connectivity index (χ4v) is 5.57. The Hall–Kier alpha value is -5.16. The molecule has 0 fully saturated rings. The standard InChI is InChI=1S/C34H34O11/c1-6-42-31(36)19-43-27-16-24(15-26(39-4)32(27)40-5)33(29-18-41-20-44-29,22-9-7-21(2)8-10-22)28-17-30(35)45-34(28,37)23-11-13-25(38-3)14-12-23/h7-18,37H,6,19-20H2,1-5H3. The van der Waals surface area contributed by atoms with Crippen molar-refractivity contribution in [3.05, 3.63) is 107 Å². The Bertz CT molecular complexity index is 1630. The first kappa shape index (κ1) is 31.3. The molecule has 0 saturated heterocycles. The van der Waals surface area contributed by atoms with E-state index in [-0.39, 0.29) is 47.5 Å². The molecular formula is C34H34O11. The molecule has 5 rings (SSSR count). The molecule has 3 aromatic rings. The number of hydrogen-bond donors (Lipinski definition) is 1. The number of aliphatic hydroxyl groups is 1. The molecule has 0 radical (unpaired) electrons. The van der Waals surface area contributed by atoms with Gasteiger partial charge in [-0.25, -0.2) is 9.59 Å². The fourth-order valence-electron chi connectivity index (χ4n) is 5.57. The molecule has 11 heteroatoms. The lowest BCUT2D eigenvalue weighted by Gasteiger charge is -2.41. The zero-order chi connectivity index (χ0) is 32.2. The van der Waals surface area contributed by atoms with Crippen LogP contribution in [0.15, 0.2) is 84.3 Å². The third kappa shape index (κ3) is 5.62. The molecular weight excluding hydrogens is 584 g/mol. The lowest BCUT2D eigenvalue weighted by molar-refractivity contribution is -0.187. The van der Waals surface area contributed by atoms with E-state index in [1.54, 1.807) is 43.3 Å². The van der Waals surface area contributed by atoms with E-state index < -0.39 is 29.7 Å². The fraction of sp³-hybridized carbons (Fsp3) is 0.294. The Labute approximate surface area is 260 Å². The highest BCUT2D eigenvalue weighted by molar-refractivity contribution is 5.89. The smallest absolute Gasteiger partial charge is 0.344 e. The molecule has 1 N–H and O–H groups in total. The predicted octanol–water partition coefficient (Wildman–Crippen LogP) is 4.42. The van der Waals surface area contributed by atoms with Crippen LogP contribution in [-0.4, -0.2) is 58.4 Å². The van der Waals surface area contributed by atoms with Gasteiger partial charge < -0.3 is 43.0 Å². The number of carbonyl (C=O) groups excluding carboxylic acids is 2. The van der Waals surface area contributed by atoms with Gasteiger partial charge in [-0.2, -0.15) is 0 Å². The van der Waals surface area contributed by atoms with Crippen molar-refractivity contribution < 1.29 is 52.6 Å². The van der Waals surface area contributed by atoms with Gasteiger partial charge in [0.25, 0.3) is 5.79 Å². The van der Waals surface area contributed by atoms with Crippen LogP contribution in [0.1, 0.15) is 29.2 Å². The Kier molecular flexibility index (Phi) is 8.92. The summed E-state index contributed by atoms with van der Waals surface area (Å²) in [6, 6.07) is 17.3. The molecule has 2 unspecified atom stereocenters. The number of aryl methyl sites for hydroxylation is 1. The molecule has 11 nitrogen and oxygen atoms in total. The zero-order valence-corrected chi connectivity index (χ0v) is 25.6. The van der Waals surface area contributed by atoms with Gasteiger partial charge in [0, 0.05) is 17.2 Å². The second kappa shape index (κ2) is 12.8. The lowest BCUT2D eigenvalue weighted by atomic mass is 9.64. The van der Waals surface area contributed by atoms with E-state index in [9.17, 15) is 14.7 Å². The average molecular weight is 619 g/mol. The van der Waals surface area contributed by atoms with Gasteiger partial charge in [-0.1, -0.05) is 29.8 Å². The predicted molar refractivity (Wildman–Crippen MR) is 160 cm³/mol. The Morgan fingerprint density at radius 1 is 0.956 bits per heavy atom. The summed E-state index contributed by atoms with van der Waals surface area (Å²) in [5.74, 6) is -2.28. The molecule has 0 aliphatic carbocycles. The minimum absolute atomic E-state index is 0.106. The van der Waals surface area contributed by atoms with Gasteiger partial charge in [0.15, 0.2) is 23.9 Å². The van der Waals surface area contributed by atoms with E-state index in [4.69, 9.17) is 37.9 Å². The minimum Gasteiger partial charge on any atom is -0.497 e. The number of allylic oxidation sites excluding steroid dienone is 1. The number of ether oxygens (including phenoxy) is 8. The molecule has 2 aliphatic rings. The molecule has 0 amide bonds. The third-order valence-electron chi connectivity index (χ3n) is 7.62. The van der Waals surface area contributed by atoms with Crippen molar-refractivity contribution >= 4 is 11.9 Å². The van der Waals surface area contributed by atoms with E-state index in [0.717, 1.165) is 5.56 Å². The Morgan fingerprint density at radius 2 is 1.67 bits per heavy atom. The normalized spacial score (nSPS) is 18.4. The van der Waals surface area contributed by atoms with Crippen LogP contribution >= 0.6 is 0 Å². The van der Waals surface area contributed by atoms with Crippen LogP contribution in [0.3, 0.4) is 0 Å². The summed E-state index contributed by atoms with van der Waals surface area (Å²) in [4.78, 5) is 25.5. The largest absolute Gasteiger partial charge is 0.497 e. The molecule has 0 saturated carbocycles. The van der Waals surface area contributed by atoms with Crippen LogP contribution in [0, 0.1) is 6.92 Å². The van der Waals surface area contributed by atoms with Gasteiger partial charge in [-0.15, -0.1) is 0 Å². The highest BCUT2D eigenvalue weighted by atomic mass is 16.7. The summed E-state index contributed by atoms with van der Waals surface area (Å²) in [5, 5.41) is 12.4. The van der Waals surface area contributed by atoms with Crippen molar-refractivity contribution in [2.75, 3.05) is 41.3 Å². The van der Waals surface area contributed by atoms with Crippen molar-refractivity contribution in [1.82, 2.24) is 0 Å². The number of rotatable bonds is 12. The minimum atomic E-state index is -2.28. The first-order chi connectivity index (χ1) is 21.7. The topological polar surface area (TPSA) is 128 Å². The van der Waals surface area contributed by atoms with Crippen LogP contribution in [0.4, 0.5) is 0 Å². The molecule has 236 valence electrons. The van der Waals surface area contributed by atoms with E-state index in [0.29, 0.717) is 16.9 Å². The summed E-state index contributed by atoms with van der Waals surface area (Å²) >= 11 is 0. The Morgan fingerprint density at radius 3 is 2.27 bits per heavy atom. The number of methoxy groups -OCH3 is 3. The maximum Gasteiger partial charge on any atom is 0.344 e. The molecule has 2 heterocycles. The molecule has 0 spiro atoms. The van der Waals surface area contributed by atoms with Crippen LogP contribution in [0.2, 0.25) is 0 Å². The summed E-state index contributed by atoms with van der Waals surface area (Å²) in [5.41, 5.74) is 0.757. The first-order valence-corrected chi connectivity index (χ1v) is 14.1. The van der Waals surface area contributed by atoms with Crippen LogP contribution < -0.4 is 18.9 Å². The summed E-state index contributed by atoms with van der Waals surface area (Å²) < 4.78 is 45.0. The van der Waals surface area contributed by atoms with Gasteiger partial charge in [0.2, 0.25) is 12.5 Å². The molecule has 2 aliphatic heterocycles. The van der Waals surface area contributed by atoms with Crippen molar-refractivity contribution in [3.8, 4) is 23.0 Å². The van der Waals surface area contributed by atoms with Gasteiger partial charge in [-0.3, -0.25) is 0 Å². The SMILES string of the molecule is CCOC(=O)COc1cc(C(C2=COCO2)(C2=CC(=O)OC2(O)c2ccc(OC)cc2)c2ccc(C)cc2)cc(OC)c1OC. The average Bonchev–Trinajstić information content (AvgIpc) is 3.70. The highest BCUT2D eigenvalue weighted by Gasteiger charge is 2.58. The van der Waals surface area contributed by atoms with Crippen LogP contribution in [-0.2, 0) is 39.7 Å². The number of carbonyl (C=O) groups is 2. The molecule has 3 aromatic carbocycles. The van der Waals surface area contributed by atoms with Crippen molar-refractivity contribution in [3.63, 3.8) is 0 Å². The summed E-state index contributed by atoms with van der Waals surface area (Å²) in [6.07, 6.45) is 2.66. The number of benzene rings is 3. The second-order valence-electron chi connectivity index (χ2n) is 10.2. The maximum atomic E-state index is 13.2. The molecule has 2 atom stereocenters. The number of hydrogen-bond acceptors (Lipinski definition) is 11. The molecule has 0 bridgehead atoms. The molecule has 45 heavy (non-hydrogen) atoms. The van der Waals surface area contributed by atoms with E-state index >= 15 is 0 Å². The first-order valence-electron chi connectivity index (χ1n) is 14.1. The summed E-state index contributed by atoms with van der Waals surface area (Å²) in [6.45, 7) is 3.27. The van der Waals surface area contributed by atoms with Crippen molar-refractivity contribution in [2.45, 2.75) is 25.0 Å². The van der Waals surface area contributed by atoms with E-state index in [2.05, 4.69) is 0 Å². The van der Waals surface area contributed by atoms with Crippen LogP contribution in [0.25, 0.3) is 0 Å². The number of cyclic esters (lactones) is 1. The number of esters is 2. The van der Waals surface area contributed by atoms with Gasteiger partial charge in [-0.05, 0) is 61.4 Å². The maximum absolute atomic E-state index is 13.2. The second-order valence-corrected chi connectivity index (χ2v) is 10.2. The van der Waals surface area contributed by atoms with Gasteiger partial charge in [0.1, 0.15) is 17.4 Å². The summed E-state index contributed by atoms with van der Waals surface area (Å²) in [7, 11) is 4.41. The quantitative estimate of drug-likeness (QED) is 0.290. The van der Waals surface area contributed by atoms with Crippen molar-refractivity contribution in [1.29, 1.82) is 0 Å². The van der Waals surface area contributed by atoms with Gasteiger partial charge >= 0.3 is 11.9 Å².